The van der Waals surface area contributed by atoms with E-state index in [0.717, 1.165) is 43.9 Å². The van der Waals surface area contributed by atoms with Crippen LogP contribution in [-0.4, -0.2) is 65.9 Å². The Kier molecular flexibility index (Phi) is 7.76. The molecule has 1 atom stereocenters. The van der Waals surface area contributed by atoms with E-state index in [-0.39, 0.29) is 5.91 Å². The first kappa shape index (κ1) is 25.7. The molecule has 0 saturated carbocycles. The summed E-state index contributed by atoms with van der Waals surface area (Å²) in [4.78, 5) is 24.5. The van der Waals surface area contributed by atoms with Crippen LogP contribution >= 0.6 is 35.4 Å². The van der Waals surface area contributed by atoms with E-state index in [2.05, 4.69) is 39.4 Å². The lowest BCUT2D eigenvalue weighted by Crippen LogP contribution is -2.55. The summed E-state index contributed by atoms with van der Waals surface area (Å²) in [7, 11) is 1.74. The number of nitrogens with zero attached hydrogens (tertiary/aromatic N) is 4. The van der Waals surface area contributed by atoms with E-state index < -0.39 is 6.17 Å². The molecule has 0 aromatic heterocycles. The van der Waals surface area contributed by atoms with Crippen molar-refractivity contribution in [3.8, 4) is 0 Å². The number of thiocarbonyl (C=S) groups is 1. The number of carbonyl (C=O) groups excluding carboxylic acids is 1. The van der Waals surface area contributed by atoms with Crippen molar-refractivity contribution >= 4 is 57.8 Å². The molecule has 37 heavy (non-hydrogen) atoms. The van der Waals surface area contributed by atoms with Gasteiger partial charge in [-0.05, 0) is 42.0 Å². The zero-order chi connectivity index (χ0) is 25.9. The maximum atomic E-state index is 13.5. The number of likely N-dealkylation sites (N-methyl/N-ethyl adjacent to an activating group) is 1. The summed E-state index contributed by atoms with van der Waals surface area (Å²) in [5.74, 6) is -0.212. The topological polar surface area (TPSA) is 51.2 Å². The number of halogens is 2. The van der Waals surface area contributed by atoms with Crippen molar-refractivity contribution in [1.82, 2.24) is 15.1 Å². The average molecular weight is 553 g/mol. The van der Waals surface area contributed by atoms with Crippen LogP contribution in [0.5, 0.6) is 0 Å². The van der Waals surface area contributed by atoms with Crippen LogP contribution in [0.2, 0.25) is 10.0 Å². The number of fused-ring (bicyclic) bond motifs is 1. The molecule has 1 amide bonds. The molecule has 3 aromatic rings. The molecule has 0 spiro atoms. The number of nitrogens with one attached hydrogen (secondary N) is 1. The van der Waals surface area contributed by atoms with E-state index >= 15 is 0 Å². The lowest BCUT2D eigenvalue weighted by atomic mass is 10.00. The van der Waals surface area contributed by atoms with Gasteiger partial charge in [0.2, 0.25) is 6.17 Å². The van der Waals surface area contributed by atoms with Gasteiger partial charge in [0, 0.05) is 60.9 Å². The predicted octanol–water partition coefficient (Wildman–Crippen LogP) is 4.83. The van der Waals surface area contributed by atoms with E-state index in [0.29, 0.717) is 26.6 Å². The summed E-state index contributed by atoms with van der Waals surface area (Å²) in [6, 6.07) is 23.3. The van der Waals surface area contributed by atoms with Crippen molar-refractivity contribution in [2.24, 2.45) is 4.99 Å². The van der Waals surface area contributed by atoms with Gasteiger partial charge < -0.3 is 15.1 Å². The minimum absolute atomic E-state index is 0.212. The number of benzene rings is 3. The van der Waals surface area contributed by atoms with Gasteiger partial charge >= 0.3 is 0 Å². The first-order chi connectivity index (χ1) is 17.9. The molecule has 3 aromatic carbocycles. The molecule has 0 radical (unpaired) electrons. The predicted molar refractivity (Wildman–Crippen MR) is 155 cm³/mol. The molecule has 9 heteroatoms. The van der Waals surface area contributed by atoms with Crippen LogP contribution in [0.4, 0.5) is 5.69 Å². The van der Waals surface area contributed by atoms with Crippen molar-refractivity contribution < 1.29 is 4.79 Å². The smallest absolute Gasteiger partial charge is 0.272 e. The van der Waals surface area contributed by atoms with Crippen LogP contribution in [-0.2, 0) is 11.3 Å². The lowest BCUT2D eigenvalue weighted by Gasteiger charge is -2.36. The normalized spacial score (nSPS) is 18.2. The molecule has 190 valence electrons. The summed E-state index contributed by atoms with van der Waals surface area (Å²) < 4.78 is 0. The largest absolute Gasteiger partial charge is 0.347 e. The molecule has 1 fully saturated rings. The first-order valence-corrected chi connectivity index (χ1v) is 13.3. The van der Waals surface area contributed by atoms with Crippen molar-refractivity contribution in [1.29, 1.82) is 0 Å². The molecular formula is C28H27Cl2N5OS. The second-order valence-corrected chi connectivity index (χ2v) is 10.3. The third-order valence-corrected chi connectivity index (χ3v) is 7.64. The number of carbonyl (C=O) groups is 1. The number of benzodiazepines with no additional fused rings is 1. The molecule has 1 saturated heterocycles. The monoisotopic (exact) mass is 551 g/mol. The van der Waals surface area contributed by atoms with Gasteiger partial charge in [0.05, 0.1) is 11.4 Å². The Morgan fingerprint density at radius 2 is 1.68 bits per heavy atom. The molecule has 6 nitrogen and oxygen atoms in total. The number of aliphatic imine (C=N–C) groups is 1. The second-order valence-electron chi connectivity index (χ2n) is 9.12. The fourth-order valence-corrected chi connectivity index (χ4v) is 5.36. The molecule has 5 rings (SSSR count). The van der Waals surface area contributed by atoms with Gasteiger partial charge in [-0.1, -0.05) is 71.7 Å². The third-order valence-electron chi connectivity index (χ3n) is 6.70. The van der Waals surface area contributed by atoms with Gasteiger partial charge in [-0.15, -0.1) is 0 Å². The van der Waals surface area contributed by atoms with Gasteiger partial charge in [0.15, 0.2) is 5.11 Å². The fraction of sp³-hybridized carbons (Fsp3) is 0.250. The molecule has 0 bridgehead atoms. The van der Waals surface area contributed by atoms with Crippen molar-refractivity contribution in [3.05, 3.63) is 99.5 Å². The van der Waals surface area contributed by atoms with Crippen LogP contribution in [0.15, 0.2) is 77.8 Å². The number of hydrogen-bond donors (Lipinski definition) is 1. The Hall–Kier alpha value is -2.97. The summed E-state index contributed by atoms with van der Waals surface area (Å²) in [5, 5.41) is 4.83. The zero-order valence-corrected chi connectivity index (χ0v) is 22.7. The lowest BCUT2D eigenvalue weighted by molar-refractivity contribution is -0.119. The summed E-state index contributed by atoms with van der Waals surface area (Å²) in [5.41, 5.74) is 4.06. The zero-order valence-electron chi connectivity index (χ0n) is 20.4. The van der Waals surface area contributed by atoms with E-state index in [1.54, 1.807) is 18.0 Å². The van der Waals surface area contributed by atoms with E-state index in [4.69, 9.17) is 40.4 Å². The third kappa shape index (κ3) is 5.65. The Bertz CT molecular complexity index is 1340. The van der Waals surface area contributed by atoms with E-state index in [1.165, 1.54) is 5.56 Å². The molecule has 1 unspecified atom stereocenters. The highest BCUT2D eigenvalue weighted by molar-refractivity contribution is 7.80. The van der Waals surface area contributed by atoms with Crippen molar-refractivity contribution in [3.63, 3.8) is 0 Å². The van der Waals surface area contributed by atoms with Gasteiger partial charge in [-0.2, -0.15) is 0 Å². The SMILES string of the molecule is CN1C(=O)C(NC(=S)N2CCN(Cc3ccccc3)CC2)N=C(c2ccccc2Cl)c2cc(Cl)ccc21. The van der Waals surface area contributed by atoms with Gasteiger partial charge in [-0.25, -0.2) is 4.99 Å². The van der Waals surface area contributed by atoms with Gasteiger partial charge in [-0.3, -0.25) is 9.69 Å². The van der Waals surface area contributed by atoms with Crippen LogP contribution in [0, 0.1) is 0 Å². The first-order valence-electron chi connectivity index (χ1n) is 12.1. The number of hydrogen-bond acceptors (Lipinski definition) is 4. The van der Waals surface area contributed by atoms with Gasteiger partial charge in [0.25, 0.3) is 5.91 Å². The highest BCUT2D eigenvalue weighted by atomic mass is 35.5. The number of piperazine rings is 1. The van der Waals surface area contributed by atoms with Crippen LogP contribution in [0.1, 0.15) is 16.7 Å². The Morgan fingerprint density at radius 1 is 0.973 bits per heavy atom. The Balaban J connectivity index is 1.36. The second kappa shape index (κ2) is 11.2. The summed E-state index contributed by atoms with van der Waals surface area (Å²) in [6.45, 7) is 4.21. The van der Waals surface area contributed by atoms with Crippen LogP contribution < -0.4 is 10.2 Å². The maximum Gasteiger partial charge on any atom is 0.272 e. The number of amides is 1. The van der Waals surface area contributed by atoms with E-state index in [1.807, 2.05) is 42.5 Å². The summed E-state index contributed by atoms with van der Waals surface area (Å²) in [6.07, 6.45) is -0.905. The molecular weight excluding hydrogens is 525 g/mol. The highest BCUT2D eigenvalue weighted by Crippen LogP contribution is 2.31. The number of anilines is 1. The molecule has 2 aliphatic rings. The quantitative estimate of drug-likeness (QED) is 0.471. The van der Waals surface area contributed by atoms with E-state index in [9.17, 15) is 4.79 Å². The van der Waals surface area contributed by atoms with Crippen molar-refractivity contribution in [2.45, 2.75) is 12.7 Å². The maximum absolute atomic E-state index is 13.5. The molecule has 1 N–H and O–H groups in total. The molecule has 2 aliphatic heterocycles. The molecule has 0 aliphatic carbocycles. The molecule has 2 heterocycles. The van der Waals surface area contributed by atoms with Gasteiger partial charge in [0.1, 0.15) is 0 Å². The number of rotatable bonds is 4. The average Bonchev–Trinajstić information content (AvgIpc) is 3.00. The summed E-state index contributed by atoms with van der Waals surface area (Å²) >= 11 is 18.7. The standard InChI is InChI=1S/C28H27Cl2N5OS/c1-33-24-12-11-20(29)17-22(24)25(21-9-5-6-10-23(21)30)31-26(27(33)36)32-28(37)35-15-13-34(14-16-35)18-19-7-3-2-4-8-19/h2-12,17,26H,13-16,18H2,1H3,(H,32,37). The van der Waals surface area contributed by atoms with Crippen molar-refractivity contribution in [2.75, 3.05) is 38.1 Å². The Morgan fingerprint density at radius 3 is 2.41 bits per heavy atom. The highest BCUT2D eigenvalue weighted by Gasteiger charge is 2.32. The minimum Gasteiger partial charge on any atom is -0.347 e. The fourth-order valence-electron chi connectivity index (χ4n) is 4.67. The Labute approximate surface area is 232 Å². The van der Waals surface area contributed by atoms with Crippen LogP contribution in [0.3, 0.4) is 0 Å². The van der Waals surface area contributed by atoms with Crippen LogP contribution in [0.25, 0.3) is 0 Å². The minimum atomic E-state index is -0.905.